The molecule has 1 saturated carbocycles. The zero-order valence-electron chi connectivity index (χ0n) is 10.9. The second kappa shape index (κ2) is 5.73. The van der Waals surface area contributed by atoms with Crippen LogP contribution >= 0.6 is 0 Å². The van der Waals surface area contributed by atoms with Crippen molar-refractivity contribution >= 4 is 11.8 Å². The van der Waals surface area contributed by atoms with Crippen LogP contribution in [0, 0.1) is 6.92 Å². The number of para-hydroxylation sites is 1. The largest absolute Gasteiger partial charge is 0.507 e. The maximum Gasteiger partial charge on any atom is 0.255 e. The van der Waals surface area contributed by atoms with Crippen LogP contribution in [0.25, 0.3) is 0 Å². The monoisotopic (exact) mass is 262 g/mol. The molecule has 2 rings (SSSR count). The number of hydrogen-bond acceptors (Lipinski definition) is 3. The minimum Gasteiger partial charge on any atom is -0.507 e. The number of carbonyl (C=O) groups excluding carboxylic acids is 2. The highest BCUT2D eigenvalue weighted by atomic mass is 16.3. The number of hydrogen-bond donors (Lipinski definition) is 3. The highest BCUT2D eigenvalue weighted by molar-refractivity contribution is 5.97. The molecule has 0 unspecified atom stereocenters. The van der Waals surface area contributed by atoms with Gasteiger partial charge in [0.05, 0.1) is 5.56 Å². The molecule has 0 atom stereocenters. The SMILES string of the molecule is Cc1cccc(C(=O)NCCC(=O)NC2CC2)c1O. The number of rotatable bonds is 5. The fourth-order valence-corrected chi connectivity index (χ4v) is 1.75. The lowest BCUT2D eigenvalue weighted by molar-refractivity contribution is -0.121. The number of nitrogens with one attached hydrogen (secondary N) is 2. The van der Waals surface area contributed by atoms with E-state index < -0.39 is 0 Å². The first kappa shape index (κ1) is 13.4. The number of benzene rings is 1. The van der Waals surface area contributed by atoms with Gasteiger partial charge in [-0.25, -0.2) is 0 Å². The fraction of sp³-hybridized carbons (Fsp3) is 0.429. The number of phenolic OH excluding ortho intramolecular Hbond substituents is 1. The maximum atomic E-state index is 11.8. The standard InChI is InChI=1S/C14H18N2O3/c1-9-3-2-4-11(13(9)18)14(19)15-8-7-12(17)16-10-5-6-10/h2-4,10,18H,5-8H2,1H3,(H,15,19)(H,16,17). The zero-order chi connectivity index (χ0) is 13.8. The van der Waals surface area contributed by atoms with Crippen molar-refractivity contribution in [2.75, 3.05) is 6.54 Å². The molecule has 1 aliphatic carbocycles. The predicted molar refractivity (Wildman–Crippen MR) is 71.0 cm³/mol. The molecule has 1 fully saturated rings. The second-order valence-electron chi connectivity index (χ2n) is 4.82. The van der Waals surface area contributed by atoms with Crippen molar-refractivity contribution in [3.8, 4) is 5.75 Å². The Labute approximate surface area is 112 Å². The summed E-state index contributed by atoms with van der Waals surface area (Å²) in [6, 6.07) is 5.34. The highest BCUT2D eigenvalue weighted by Gasteiger charge is 2.22. The Kier molecular flexibility index (Phi) is 4.04. The summed E-state index contributed by atoms with van der Waals surface area (Å²) in [5.41, 5.74) is 0.890. The smallest absolute Gasteiger partial charge is 0.255 e. The van der Waals surface area contributed by atoms with Crippen LogP contribution in [0.3, 0.4) is 0 Å². The molecule has 3 N–H and O–H groups in total. The van der Waals surface area contributed by atoms with E-state index in [2.05, 4.69) is 10.6 Å². The van der Waals surface area contributed by atoms with Gasteiger partial charge >= 0.3 is 0 Å². The van der Waals surface area contributed by atoms with Crippen LogP contribution in [0.15, 0.2) is 18.2 Å². The Hall–Kier alpha value is -2.04. The van der Waals surface area contributed by atoms with Gasteiger partial charge in [0.2, 0.25) is 5.91 Å². The molecule has 0 bridgehead atoms. The van der Waals surface area contributed by atoms with Crippen molar-refractivity contribution in [2.24, 2.45) is 0 Å². The first-order valence-corrected chi connectivity index (χ1v) is 6.44. The van der Waals surface area contributed by atoms with Gasteiger partial charge in [-0.15, -0.1) is 0 Å². The summed E-state index contributed by atoms with van der Waals surface area (Å²) in [5.74, 6) is -0.417. The first-order valence-electron chi connectivity index (χ1n) is 6.44. The van der Waals surface area contributed by atoms with Gasteiger partial charge in [0.25, 0.3) is 5.91 Å². The van der Waals surface area contributed by atoms with E-state index in [1.807, 2.05) is 0 Å². The molecule has 0 heterocycles. The van der Waals surface area contributed by atoms with E-state index in [0.29, 0.717) is 11.6 Å². The van der Waals surface area contributed by atoms with Crippen LogP contribution in [0.2, 0.25) is 0 Å². The van der Waals surface area contributed by atoms with Gasteiger partial charge in [-0.3, -0.25) is 9.59 Å². The Morgan fingerprint density at radius 3 is 2.79 bits per heavy atom. The third-order valence-corrected chi connectivity index (χ3v) is 3.06. The second-order valence-corrected chi connectivity index (χ2v) is 4.82. The van der Waals surface area contributed by atoms with Gasteiger partial charge in [0.15, 0.2) is 0 Å². The van der Waals surface area contributed by atoms with Gasteiger partial charge in [0, 0.05) is 19.0 Å². The van der Waals surface area contributed by atoms with Crippen molar-refractivity contribution < 1.29 is 14.7 Å². The molecule has 0 saturated heterocycles. The summed E-state index contributed by atoms with van der Waals surface area (Å²) < 4.78 is 0. The summed E-state index contributed by atoms with van der Waals surface area (Å²) in [5, 5.41) is 15.2. The van der Waals surface area contributed by atoms with Gasteiger partial charge in [0.1, 0.15) is 5.75 Å². The van der Waals surface area contributed by atoms with E-state index in [4.69, 9.17) is 0 Å². The van der Waals surface area contributed by atoms with Crippen molar-refractivity contribution in [3.63, 3.8) is 0 Å². The van der Waals surface area contributed by atoms with Gasteiger partial charge in [-0.05, 0) is 31.4 Å². The van der Waals surface area contributed by atoms with Crippen LogP contribution in [0.4, 0.5) is 0 Å². The highest BCUT2D eigenvalue weighted by Crippen LogP contribution is 2.21. The molecule has 19 heavy (non-hydrogen) atoms. The number of amides is 2. The molecule has 2 amide bonds. The lowest BCUT2D eigenvalue weighted by Crippen LogP contribution is -2.31. The summed E-state index contributed by atoms with van der Waals surface area (Å²) in [7, 11) is 0. The van der Waals surface area contributed by atoms with E-state index in [9.17, 15) is 14.7 Å². The Morgan fingerprint density at radius 2 is 2.11 bits per heavy atom. The summed E-state index contributed by atoms with van der Waals surface area (Å²) in [6.45, 7) is 2.00. The topological polar surface area (TPSA) is 78.4 Å². The molecule has 0 aromatic heterocycles. The molecule has 0 aliphatic heterocycles. The number of phenols is 1. The van der Waals surface area contributed by atoms with E-state index in [-0.39, 0.29) is 36.1 Å². The number of carbonyl (C=O) groups is 2. The van der Waals surface area contributed by atoms with Gasteiger partial charge in [-0.1, -0.05) is 12.1 Å². The molecule has 1 aromatic rings. The predicted octanol–water partition coefficient (Wildman–Crippen LogP) is 1.10. The van der Waals surface area contributed by atoms with Crippen LogP contribution in [0.1, 0.15) is 35.2 Å². The van der Waals surface area contributed by atoms with Crippen LogP contribution in [-0.2, 0) is 4.79 Å². The summed E-state index contributed by atoms with van der Waals surface area (Å²) >= 11 is 0. The van der Waals surface area contributed by atoms with Crippen molar-refractivity contribution in [1.29, 1.82) is 0 Å². The molecule has 5 nitrogen and oxygen atoms in total. The van der Waals surface area contributed by atoms with E-state index >= 15 is 0 Å². The summed E-state index contributed by atoms with van der Waals surface area (Å²) in [4.78, 5) is 23.3. The Bertz CT molecular complexity index is 495. The van der Waals surface area contributed by atoms with Crippen LogP contribution in [-0.4, -0.2) is 29.5 Å². The minimum atomic E-state index is -0.361. The van der Waals surface area contributed by atoms with Crippen molar-refractivity contribution in [3.05, 3.63) is 29.3 Å². The van der Waals surface area contributed by atoms with Crippen molar-refractivity contribution in [1.82, 2.24) is 10.6 Å². The van der Waals surface area contributed by atoms with Crippen LogP contribution < -0.4 is 10.6 Å². The third-order valence-electron chi connectivity index (χ3n) is 3.06. The first-order chi connectivity index (χ1) is 9.08. The molecular weight excluding hydrogens is 244 g/mol. The molecule has 1 aromatic carbocycles. The molecular formula is C14H18N2O3. The van der Waals surface area contributed by atoms with E-state index in [1.165, 1.54) is 0 Å². The van der Waals surface area contributed by atoms with Gasteiger partial charge in [-0.2, -0.15) is 0 Å². The normalized spacial score (nSPS) is 13.9. The molecule has 1 aliphatic rings. The Balaban J connectivity index is 1.80. The fourth-order valence-electron chi connectivity index (χ4n) is 1.75. The van der Waals surface area contributed by atoms with E-state index in [0.717, 1.165) is 12.8 Å². The van der Waals surface area contributed by atoms with Crippen molar-refractivity contribution in [2.45, 2.75) is 32.2 Å². The van der Waals surface area contributed by atoms with Gasteiger partial charge < -0.3 is 15.7 Å². The average Bonchev–Trinajstić information content (AvgIpc) is 3.16. The van der Waals surface area contributed by atoms with Crippen LogP contribution in [0.5, 0.6) is 5.75 Å². The Morgan fingerprint density at radius 1 is 1.37 bits per heavy atom. The summed E-state index contributed by atoms with van der Waals surface area (Å²) in [6.07, 6.45) is 2.36. The lowest BCUT2D eigenvalue weighted by atomic mass is 10.1. The quantitative estimate of drug-likeness (QED) is 0.743. The minimum absolute atomic E-state index is 0.0116. The third kappa shape index (κ3) is 3.71. The average molecular weight is 262 g/mol. The lowest BCUT2D eigenvalue weighted by Gasteiger charge is -2.08. The van der Waals surface area contributed by atoms with E-state index in [1.54, 1.807) is 25.1 Å². The maximum absolute atomic E-state index is 11.8. The number of aryl methyl sites for hydroxylation is 1. The molecule has 0 spiro atoms. The molecule has 0 radical (unpaired) electrons. The number of aromatic hydroxyl groups is 1. The molecule has 102 valence electrons. The molecule has 5 heteroatoms. The zero-order valence-corrected chi connectivity index (χ0v) is 10.9.